The Kier molecular flexibility index (Phi) is 5.01. The fourth-order valence-corrected chi connectivity index (χ4v) is 3.60. The first-order valence-electron chi connectivity index (χ1n) is 7.75. The number of hydrogen-bond donors (Lipinski definition) is 3. The number of benzene rings is 2. The van der Waals surface area contributed by atoms with Crippen LogP contribution in [0, 0.1) is 5.82 Å². The van der Waals surface area contributed by atoms with E-state index >= 15 is 0 Å². The van der Waals surface area contributed by atoms with Crippen LogP contribution in [0.25, 0.3) is 11.0 Å². The Hall–Kier alpha value is -2.78. The Balaban J connectivity index is 1.64. The van der Waals surface area contributed by atoms with Crippen molar-refractivity contribution in [3.05, 3.63) is 59.7 Å². The van der Waals surface area contributed by atoms with Gasteiger partial charge in [0.1, 0.15) is 18.2 Å². The van der Waals surface area contributed by atoms with E-state index in [4.69, 9.17) is 5.11 Å². The molecule has 0 saturated carbocycles. The van der Waals surface area contributed by atoms with Gasteiger partial charge in [0.2, 0.25) is 0 Å². The van der Waals surface area contributed by atoms with Gasteiger partial charge in [0.05, 0.1) is 21.7 Å². The summed E-state index contributed by atoms with van der Waals surface area (Å²) < 4.78 is 37.2. The topological polar surface area (TPSA) is 112 Å². The second-order valence-corrected chi connectivity index (χ2v) is 7.71. The second kappa shape index (κ2) is 7.22. The largest absolute Gasteiger partial charge is 0.388 e. The molecule has 0 aliphatic heterocycles. The van der Waals surface area contributed by atoms with Crippen molar-refractivity contribution in [2.75, 3.05) is 12.3 Å². The fraction of sp³-hybridized carbons (Fsp3) is 0.176. The molecule has 3 aromatic rings. The Labute approximate surface area is 148 Å². The van der Waals surface area contributed by atoms with Crippen LogP contribution in [0.3, 0.4) is 0 Å². The number of aromatic amines is 1. The Morgan fingerprint density at radius 2 is 1.92 bits per heavy atom. The van der Waals surface area contributed by atoms with Crippen molar-refractivity contribution in [1.29, 1.82) is 0 Å². The highest BCUT2D eigenvalue weighted by Gasteiger charge is 2.15. The molecule has 136 valence electrons. The molecule has 2 aromatic carbocycles. The molecule has 0 atom stereocenters. The van der Waals surface area contributed by atoms with Gasteiger partial charge >= 0.3 is 0 Å². The number of carbonyl (C=O) groups excluding carboxylic acids is 1. The number of hydrogen-bond acceptors (Lipinski definition) is 5. The van der Waals surface area contributed by atoms with Crippen molar-refractivity contribution < 1.29 is 22.7 Å². The minimum Gasteiger partial charge on any atom is -0.388 e. The molecule has 1 aromatic heterocycles. The number of aliphatic hydroxyl groups excluding tert-OH is 1. The monoisotopic (exact) mass is 377 g/mol. The highest BCUT2D eigenvalue weighted by atomic mass is 32.2. The van der Waals surface area contributed by atoms with Gasteiger partial charge in [0.25, 0.3) is 5.91 Å². The first-order valence-corrected chi connectivity index (χ1v) is 9.40. The molecule has 3 N–H and O–H groups in total. The fourth-order valence-electron chi connectivity index (χ4n) is 2.44. The van der Waals surface area contributed by atoms with Crippen LogP contribution in [0.5, 0.6) is 0 Å². The van der Waals surface area contributed by atoms with Gasteiger partial charge in [-0.25, -0.2) is 17.8 Å². The summed E-state index contributed by atoms with van der Waals surface area (Å²) in [5.74, 6) is -0.856. The Bertz CT molecular complexity index is 1050. The minimum absolute atomic E-state index is 0.00330. The zero-order chi connectivity index (χ0) is 18.7. The standard InChI is InChI=1S/C17H16FN3O4S/c18-12-2-4-13(5-3-12)26(24,25)8-7-19-17(23)11-1-6-14-15(9-11)21-16(10-22)20-14/h1-6,9,22H,7-8,10H2,(H,19,23)(H,20,21). The zero-order valence-corrected chi connectivity index (χ0v) is 14.4. The van der Waals surface area contributed by atoms with Crippen LogP contribution < -0.4 is 5.32 Å². The Morgan fingerprint density at radius 1 is 1.19 bits per heavy atom. The predicted octanol–water partition coefficient (Wildman–Crippen LogP) is 1.40. The number of rotatable bonds is 6. The summed E-state index contributed by atoms with van der Waals surface area (Å²) in [6, 6.07) is 9.31. The summed E-state index contributed by atoms with van der Waals surface area (Å²) in [6.45, 7) is -0.321. The molecule has 0 spiro atoms. The number of carbonyl (C=O) groups is 1. The summed E-state index contributed by atoms with van der Waals surface area (Å²) in [4.78, 5) is 19.2. The maximum atomic E-state index is 12.9. The number of H-pyrrole nitrogens is 1. The normalized spacial score (nSPS) is 11.6. The highest BCUT2D eigenvalue weighted by Crippen LogP contribution is 2.14. The maximum absolute atomic E-state index is 12.9. The summed E-state index contributed by atoms with van der Waals surface area (Å²) in [5.41, 5.74) is 1.55. The molecule has 1 heterocycles. The van der Waals surface area contributed by atoms with Gasteiger partial charge in [-0.05, 0) is 42.5 Å². The number of aliphatic hydroxyl groups is 1. The second-order valence-electron chi connectivity index (χ2n) is 5.60. The van der Waals surface area contributed by atoms with Gasteiger partial charge < -0.3 is 15.4 Å². The molecular formula is C17H16FN3O4S. The summed E-state index contributed by atoms with van der Waals surface area (Å²) in [6.07, 6.45) is 0. The van der Waals surface area contributed by atoms with E-state index in [1.807, 2.05) is 0 Å². The minimum atomic E-state index is -3.61. The molecule has 3 rings (SSSR count). The van der Waals surface area contributed by atoms with E-state index in [1.54, 1.807) is 18.2 Å². The van der Waals surface area contributed by atoms with Crippen LogP contribution >= 0.6 is 0 Å². The number of nitrogens with one attached hydrogen (secondary N) is 2. The first-order chi connectivity index (χ1) is 12.4. The number of aromatic nitrogens is 2. The number of halogens is 1. The zero-order valence-electron chi connectivity index (χ0n) is 13.6. The first kappa shape index (κ1) is 18.0. The lowest BCUT2D eigenvalue weighted by atomic mass is 10.2. The number of sulfone groups is 1. The molecule has 0 saturated heterocycles. The van der Waals surface area contributed by atoms with Crippen LogP contribution in [0.4, 0.5) is 4.39 Å². The van der Waals surface area contributed by atoms with Crippen LogP contribution in [0.1, 0.15) is 16.2 Å². The van der Waals surface area contributed by atoms with E-state index in [-0.39, 0.29) is 23.8 Å². The third kappa shape index (κ3) is 3.89. The highest BCUT2D eigenvalue weighted by molar-refractivity contribution is 7.91. The van der Waals surface area contributed by atoms with Gasteiger partial charge in [0.15, 0.2) is 9.84 Å². The number of fused-ring (bicyclic) bond motifs is 1. The molecule has 1 amide bonds. The van der Waals surface area contributed by atoms with Crippen LogP contribution in [0.15, 0.2) is 47.4 Å². The lowest BCUT2D eigenvalue weighted by Gasteiger charge is -2.07. The van der Waals surface area contributed by atoms with Crippen molar-refractivity contribution in [3.63, 3.8) is 0 Å². The molecule has 0 bridgehead atoms. The maximum Gasteiger partial charge on any atom is 0.251 e. The average molecular weight is 377 g/mol. The SMILES string of the molecule is O=C(NCCS(=O)(=O)c1ccc(F)cc1)c1ccc2nc(CO)[nH]c2c1. The lowest BCUT2D eigenvalue weighted by molar-refractivity contribution is 0.0956. The molecule has 0 aliphatic carbocycles. The number of amides is 1. The van der Waals surface area contributed by atoms with Gasteiger partial charge in [-0.1, -0.05) is 0 Å². The van der Waals surface area contributed by atoms with E-state index < -0.39 is 21.6 Å². The molecule has 26 heavy (non-hydrogen) atoms. The third-order valence-electron chi connectivity index (χ3n) is 3.77. The lowest BCUT2D eigenvalue weighted by Crippen LogP contribution is -2.29. The molecule has 0 radical (unpaired) electrons. The van der Waals surface area contributed by atoms with Crippen molar-refractivity contribution in [3.8, 4) is 0 Å². The van der Waals surface area contributed by atoms with Crippen LogP contribution in [-0.4, -0.2) is 41.7 Å². The third-order valence-corrected chi connectivity index (χ3v) is 5.50. The summed E-state index contributed by atoms with van der Waals surface area (Å²) >= 11 is 0. The smallest absolute Gasteiger partial charge is 0.251 e. The molecule has 7 nitrogen and oxygen atoms in total. The van der Waals surface area contributed by atoms with E-state index in [1.165, 1.54) is 12.1 Å². The van der Waals surface area contributed by atoms with Gasteiger partial charge in [-0.15, -0.1) is 0 Å². The van der Waals surface area contributed by atoms with Gasteiger partial charge in [-0.2, -0.15) is 0 Å². The van der Waals surface area contributed by atoms with E-state index in [0.717, 1.165) is 12.1 Å². The molecular weight excluding hydrogens is 361 g/mol. The van der Waals surface area contributed by atoms with Gasteiger partial charge in [0, 0.05) is 12.1 Å². The molecule has 0 unspecified atom stereocenters. The number of nitrogens with zero attached hydrogens (tertiary/aromatic N) is 1. The quantitative estimate of drug-likeness (QED) is 0.562. The molecule has 9 heteroatoms. The van der Waals surface area contributed by atoms with Crippen molar-refractivity contribution in [2.24, 2.45) is 0 Å². The predicted molar refractivity (Wildman–Crippen MR) is 92.8 cm³/mol. The molecule has 0 aliphatic rings. The van der Waals surface area contributed by atoms with Crippen LogP contribution in [-0.2, 0) is 16.4 Å². The summed E-state index contributed by atoms with van der Waals surface area (Å²) in [7, 11) is -3.61. The van der Waals surface area contributed by atoms with Crippen molar-refractivity contribution in [2.45, 2.75) is 11.5 Å². The average Bonchev–Trinajstić information content (AvgIpc) is 3.04. The van der Waals surface area contributed by atoms with Crippen LogP contribution in [0.2, 0.25) is 0 Å². The van der Waals surface area contributed by atoms with Crippen molar-refractivity contribution in [1.82, 2.24) is 15.3 Å². The summed E-state index contributed by atoms with van der Waals surface area (Å²) in [5, 5.41) is 11.6. The van der Waals surface area contributed by atoms with Gasteiger partial charge in [-0.3, -0.25) is 4.79 Å². The van der Waals surface area contributed by atoms with E-state index in [0.29, 0.717) is 22.4 Å². The molecule has 0 fully saturated rings. The number of imidazole rings is 1. The van der Waals surface area contributed by atoms with Crippen molar-refractivity contribution >= 4 is 26.8 Å². The Morgan fingerprint density at radius 3 is 2.62 bits per heavy atom. The van der Waals surface area contributed by atoms with E-state index in [9.17, 15) is 17.6 Å². The van der Waals surface area contributed by atoms with E-state index in [2.05, 4.69) is 15.3 Å².